The van der Waals surface area contributed by atoms with Gasteiger partial charge in [0, 0.05) is 18.7 Å². The molecule has 0 bridgehead atoms. The zero-order chi connectivity index (χ0) is 15.4. The summed E-state index contributed by atoms with van der Waals surface area (Å²) in [6, 6.07) is 11.0. The second-order valence-corrected chi connectivity index (χ2v) is 5.20. The lowest BCUT2D eigenvalue weighted by Crippen LogP contribution is -2.13. The molecule has 0 aliphatic rings. The molecule has 2 N–H and O–H groups in total. The monoisotopic (exact) mass is 354 g/mol. The van der Waals surface area contributed by atoms with Gasteiger partial charge >= 0.3 is 0 Å². The predicted octanol–water partition coefficient (Wildman–Crippen LogP) is 3.64. The molecule has 0 heterocycles. The van der Waals surface area contributed by atoms with Crippen LogP contribution in [0.4, 0.5) is 15.8 Å². The molecule has 1 unspecified atom stereocenters. The molecule has 7 heteroatoms. The van der Waals surface area contributed by atoms with Crippen molar-refractivity contribution in [3.8, 4) is 0 Å². The average molecular weight is 355 g/mol. The minimum atomic E-state index is -0.850. The number of nitro benzene ring substituents is 1. The van der Waals surface area contributed by atoms with Crippen LogP contribution in [0.2, 0.25) is 0 Å². The van der Waals surface area contributed by atoms with Crippen LogP contribution in [0, 0.1) is 15.9 Å². The summed E-state index contributed by atoms with van der Waals surface area (Å²) in [7, 11) is 0. The first-order valence-corrected chi connectivity index (χ1v) is 6.88. The van der Waals surface area contributed by atoms with Crippen molar-refractivity contribution in [3.05, 3.63) is 68.4 Å². The number of aliphatic hydroxyl groups excluding tert-OH is 1. The van der Waals surface area contributed by atoms with Crippen LogP contribution in [-0.2, 0) is 0 Å². The minimum absolute atomic E-state index is 0.0170. The Hall–Kier alpha value is -1.99. The van der Waals surface area contributed by atoms with Crippen molar-refractivity contribution in [2.75, 3.05) is 11.9 Å². The highest BCUT2D eigenvalue weighted by atomic mass is 79.9. The first-order chi connectivity index (χ1) is 9.99. The Balaban J connectivity index is 2.16. The Morgan fingerprint density at radius 2 is 2.00 bits per heavy atom. The van der Waals surface area contributed by atoms with Crippen LogP contribution in [0.15, 0.2) is 46.9 Å². The molecule has 0 spiro atoms. The van der Waals surface area contributed by atoms with Gasteiger partial charge in [-0.25, -0.2) is 4.39 Å². The van der Waals surface area contributed by atoms with Gasteiger partial charge in [-0.3, -0.25) is 10.1 Å². The quantitative estimate of drug-likeness (QED) is 0.634. The molecule has 110 valence electrons. The summed E-state index contributed by atoms with van der Waals surface area (Å²) in [6.07, 6.45) is -0.850. The highest BCUT2D eigenvalue weighted by molar-refractivity contribution is 9.10. The van der Waals surface area contributed by atoms with E-state index in [4.69, 9.17) is 0 Å². The number of rotatable bonds is 5. The summed E-state index contributed by atoms with van der Waals surface area (Å²) in [5.41, 5.74) is 0.435. The van der Waals surface area contributed by atoms with Crippen molar-refractivity contribution in [1.82, 2.24) is 0 Å². The third-order valence-corrected chi connectivity index (χ3v) is 3.51. The molecule has 0 saturated heterocycles. The minimum Gasteiger partial charge on any atom is -0.387 e. The first kappa shape index (κ1) is 15.4. The molecule has 21 heavy (non-hydrogen) atoms. The van der Waals surface area contributed by atoms with Crippen molar-refractivity contribution < 1.29 is 14.4 Å². The van der Waals surface area contributed by atoms with E-state index >= 15 is 0 Å². The lowest BCUT2D eigenvalue weighted by atomic mass is 10.1. The lowest BCUT2D eigenvalue weighted by molar-refractivity contribution is -0.384. The zero-order valence-electron chi connectivity index (χ0n) is 10.8. The Bertz CT molecular complexity index is 652. The number of nitrogens with zero attached hydrogens (tertiary/aromatic N) is 1. The second-order valence-electron chi connectivity index (χ2n) is 4.35. The van der Waals surface area contributed by atoms with E-state index in [1.54, 1.807) is 24.3 Å². The number of benzene rings is 2. The number of hydrogen-bond acceptors (Lipinski definition) is 4. The van der Waals surface area contributed by atoms with Crippen LogP contribution in [0.25, 0.3) is 0 Å². The number of nitrogens with one attached hydrogen (secondary N) is 1. The third-order valence-electron chi connectivity index (χ3n) is 2.91. The molecular formula is C14H12BrFN2O3. The lowest BCUT2D eigenvalue weighted by Gasteiger charge is -2.13. The molecule has 0 aliphatic carbocycles. The molecule has 0 fully saturated rings. The Morgan fingerprint density at radius 3 is 2.62 bits per heavy atom. The van der Waals surface area contributed by atoms with Gasteiger partial charge in [-0.15, -0.1) is 0 Å². The van der Waals surface area contributed by atoms with Crippen LogP contribution in [0.5, 0.6) is 0 Å². The molecule has 0 amide bonds. The maximum absolute atomic E-state index is 13.5. The van der Waals surface area contributed by atoms with E-state index in [1.165, 1.54) is 0 Å². The fourth-order valence-electron chi connectivity index (χ4n) is 1.83. The van der Waals surface area contributed by atoms with Crippen LogP contribution in [0.3, 0.4) is 0 Å². The van der Waals surface area contributed by atoms with Gasteiger partial charge in [-0.05, 0) is 21.5 Å². The molecule has 0 aliphatic heterocycles. The summed E-state index contributed by atoms with van der Waals surface area (Å²) in [4.78, 5) is 10.4. The van der Waals surface area contributed by atoms with Gasteiger partial charge in [0.15, 0.2) is 0 Å². The Kier molecular flexibility index (Phi) is 4.87. The fraction of sp³-hybridized carbons (Fsp3) is 0.143. The van der Waals surface area contributed by atoms with Crippen molar-refractivity contribution in [3.63, 3.8) is 0 Å². The summed E-state index contributed by atoms with van der Waals surface area (Å²) in [6.45, 7) is 0.0337. The van der Waals surface area contributed by atoms with Crippen LogP contribution in [-0.4, -0.2) is 16.6 Å². The van der Waals surface area contributed by atoms with Crippen LogP contribution < -0.4 is 5.32 Å². The molecule has 5 nitrogen and oxygen atoms in total. The number of nitro groups is 1. The summed E-state index contributed by atoms with van der Waals surface area (Å²) < 4.78 is 13.5. The molecule has 2 rings (SSSR count). The SMILES string of the molecule is O=[N+]([O-])c1cc(Br)c(F)cc1NCC(O)c1ccccc1. The number of anilines is 1. The maximum Gasteiger partial charge on any atom is 0.293 e. The van der Waals surface area contributed by atoms with E-state index in [0.717, 1.165) is 12.1 Å². The molecule has 0 aromatic heterocycles. The Labute approximate surface area is 128 Å². The van der Waals surface area contributed by atoms with E-state index in [0.29, 0.717) is 5.56 Å². The highest BCUT2D eigenvalue weighted by Gasteiger charge is 2.18. The van der Waals surface area contributed by atoms with Gasteiger partial charge in [0.25, 0.3) is 5.69 Å². The van der Waals surface area contributed by atoms with Crippen molar-refractivity contribution in [1.29, 1.82) is 0 Å². The number of aliphatic hydroxyl groups is 1. The van der Waals surface area contributed by atoms with Crippen molar-refractivity contribution in [2.45, 2.75) is 6.10 Å². The van der Waals surface area contributed by atoms with E-state index < -0.39 is 16.8 Å². The standard InChI is InChI=1S/C14H12BrFN2O3/c15-10-6-13(18(20)21)12(7-11(10)16)17-8-14(19)9-4-2-1-3-5-9/h1-7,14,17,19H,8H2. The number of halogens is 2. The van der Waals surface area contributed by atoms with Gasteiger partial charge in [0.2, 0.25) is 0 Å². The van der Waals surface area contributed by atoms with Gasteiger partial charge in [-0.1, -0.05) is 30.3 Å². The Morgan fingerprint density at radius 1 is 1.33 bits per heavy atom. The molecule has 1 atom stereocenters. The summed E-state index contributed by atoms with van der Waals surface area (Å²) in [5.74, 6) is -0.614. The van der Waals surface area contributed by atoms with Crippen molar-refractivity contribution >= 4 is 27.3 Å². The van der Waals surface area contributed by atoms with Crippen LogP contribution >= 0.6 is 15.9 Å². The van der Waals surface area contributed by atoms with Crippen molar-refractivity contribution in [2.24, 2.45) is 0 Å². The zero-order valence-corrected chi connectivity index (χ0v) is 12.4. The molecule has 0 radical (unpaired) electrons. The molecular weight excluding hydrogens is 343 g/mol. The van der Waals surface area contributed by atoms with E-state index in [2.05, 4.69) is 21.2 Å². The smallest absolute Gasteiger partial charge is 0.293 e. The van der Waals surface area contributed by atoms with Gasteiger partial charge in [0.1, 0.15) is 11.5 Å². The molecule has 2 aromatic carbocycles. The largest absolute Gasteiger partial charge is 0.387 e. The average Bonchev–Trinajstić information content (AvgIpc) is 2.48. The van der Waals surface area contributed by atoms with E-state index in [1.807, 2.05) is 6.07 Å². The summed E-state index contributed by atoms with van der Waals surface area (Å²) in [5, 5.41) is 23.7. The normalized spacial score (nSPS) is 12.0. The van der Waals surface area contributed by atoms with E-state index in [9.17, 15) is 19.6 Å². The molecule has 2 aromatic rings. The first-order valence-electron chi connectivity index (χ1n) is 6.09. The molecule has 0 saturated carbocycles. The fourth-order valence-corrected chi connectivity index (χ4v) is 2.16. The topological polar surface area (TPSA) is 75.4 Å². The second kappa shape index (κ2) is 6.64. The van der Waals surface area contributed by atoms with E-state index in [-0.39, 0.29) is 22.4 Å². The van der Waals surface area contributed by atoms with Gasteiger partial charge < -0.3 is 10.4 Å². The summed E-state index contributed by atoms with van der Waals surface area (Å²) >= 11 is 2.91. The van der Waals surface area contributed by atoms with Gasteiger partial charge in [0.05, 0.1) is 15.5 Å². The third kappa shape index (κ3) is 3.77. The highest BCUT2D eigenvalue weighted by Crippen LogP contribution is 2.31. The van der Waals surface area contributed by atoms with Gasteiger partial charge in [-0.2, -0.15) is 0 Å². The van der Waals surface area contributed by atoms with Crippen LogP contribution in [0.1, 0.15) is 11.7 Å². The maximum atomic E-state index is 13.5. The predicted molar refractivity (Wildman–Crippen MR) is 80.6 cm³/mol. The number of hydrogen-bond donors (Lipinski definition) is 2.